The summed E-state index contributed by atoms with van der Waals surface area (Å²) in [6.45, 7) is -2.15. The molecule has 0 saturated carbocycles. The summed E-state index contributed by atoms with van der Waals surface area (Å²) < 4.78 is 405. The maximum Gasteiger partial charge on any atom is 0.446 e. The molecule has 66 heteroatoms. The van der Waals surface area contributed by atoms with Crippen LogP contribution in [0.5, 0.6) is 86.2 Å². The fourth-order valence-electron chi connectivity index (χ4n) is 7.77. The van der Waals surface area contributed by atoms with Crippen LogP contribution in [0.4, 0.5) is 0 Å². The van der Waals surface area contributed by atoms with Crippen molar-refractivity contribution in [2.75, 3.05) is 6.61 Å². The molecule has 6 rings (SSSR count). The zero-order chi connectivity index (χ0) is 81.4. The number of hydrogen-bond acceptors (Lipinski definition) is 46. The van der Waals surface area contributed by atoms with Gasteiger partial charge in [0.15, 0.2) is 69.7 Å². The normalized spacial score (nSPS) is 16.8. The van der Waals surface area contributed by atoms with Gasteiger partial charge in [0.25, 0.3) is 0 Å². The fraction of sp³-hybridized carbons (Fsp3) is 0.146. The molecular weight excluding hydrogens is 1710 g/mol. The average molecular weight is 1740 g/mol. The Morgan fingerprint density at radius 3 is 0.626 bits per heavy atom. The minimum absolute atomic E-state index is 0.0486. The molecule has 1 fully saturated rings. The quantitative estimate of drug-likeness (QED) is 0.0116. The number of rotatable bonds is 31. The Bertz CT molecular complexity index is 5420. The van der Waals surface area contributed by atoms with E-state index in [9.17, 15) is 179 Å². The lowest BCUT2D eigenvalue weighted by Gasteiger charge is -2.43. The molecule has 56 nitrogen and oxygen atoms in total. The van der Waals surface area contributed by atoms with Gasteiger partial charge >= 0.3 is 134 Å². The molecule has 107 heavy (non-hydrogen) atoms. The summed E-state index contributed by atoms with van der Waals surface area (Å²) in [5.74, 6) is -41.0. The number of aromatic hydroxyl groups is 5. The van der Waals surface area contributed by atoms with E-state index in [1.807, 2.05) is 0 Å². The molecule has 0 unspecified atom stereocenters. The number of carbonyl (C=O) groups excluding carboxylic acids is 5. The first-order chi connectivity index (χ1) is 48.3. The number of ether oxygens (including phenoxy) is 6. The van der Waals surface area contributed by atoms with Gasteiger partial charge in [0.1, 0.15) is 12.7 Å². The van der Waals surface area contributed by atoms with Crippen LogP contribution >= 0.6 is 0 Å². The molecular formula is C41H32O56S10. The van der Waals surface area contributed by atoms with Crippen LogP contribution in [-0.4, -0.2) is 222 Å². The number of hydrogen-bond donors (Lipinski definition) is 15. The van der Waals surface area contributed by atoms with E-state index in [-0.39, 0.29) is 60.7 Å². The third-order valence-corrected chi connectivity index (χ3v) is 15.2. The fourth-order valence-corrected chi connectivity index (χ4v) is 11.3. The predicted molar refractivity (Wildman–Crippen MR) is 314 cm³/mol. The van der Waals surface area contributed by atoms with Gasteiger partial charge in [-0.25, -0.2) is 24.0 Å². The van der Waals surface area contributed by atoms with E-state index in [4.69, 9.17) is 28.4 Å². The van der Waals surface area contributed by atoms with Gasteiger partial charge in [0.05, 0.1) is 27.8 Å². The first-order valence-electron chi connectivity index (χ1n) is 25.0. The van der Waals surface area contributed by atoms with E-state index >= 15 is 0 Å². The Balaban J connectivity index is 1.79. The summed E-state index contributed by atoms with van der Waals surface area (Å²) in [6, 6.07) is -1.41. The molecule has 0 radical (unpaired) electrons. The lowest BCUT2D eigenvalue weighted by molar-refractivity contribution is -0.282. The van der Waals surface area contributed by atoms with E-state index in [0.29, 0.717) is 0 Å². The van der Waals surface area contributed by atoms with Gasteiger partial charge in [-0.3, -0.25) is 45.5 Å². The van der Waals surface area contributed by atoms with Crippen LogP contribution in [0, 0.1) is 0 Å². The van der Waals surface area contributed by atoms with Gasteiger partial charge in [-0.2, -0.15) is 84.2 Å². The molecule has 15 N–H and O–H groups in total. The first-order valence-corrected chi connectivity index (χ1v) is 38.6. The van der Waals surface area contributed by atoms with Crippen molar-refractivity contribution in [2.45, 2.75) is 30.7 Å². The number of carbonyl (C=O) groups is 5. The monoisotopic (exact) mass is 1740 g/mol. The predicted octanol–water partition coefficient (Wildman–Crippen LogP) is -3.55. The minimum atomic E-state index is -6.09. The molecule has 5 aromatic carbocycles. The third-order valence-electron chi connectivity index (χ3n) is 11.3. The van der Waals surface area contributed by atoms with Crippen LogP contribution in [-0.2, 0) is 132 Å². The average Bonchev–Trinajstić information content (AvgIpc) is 0.767. The molecule has 5 atom stereocenters. The minimum Gasteiger partial charge on any atom is -0.502 e. The number of esters is 5. The second kappa shape index (κ2) is 30.8. The van der Waals surface area contributed by atoms with E-state index in [0.717, 1.165) is 0 Å². The van der Waals surface area contributed by atoms with Gasteiger partial charge in [0.2, 0.25) is 41.1 Å². The lowest BCUT2D eigenvalue weighted by atomic mass is 9.97. The topological polar surface area (TPSA) is 878 Å². The largest absolute Gasteiger partial charge is 0.502 e. The standard InChI is InChI=1S/C41H32O56S10/c42-28-17(88-98(52,53)54)1-12(2-18(28)89-99(55,56)57)36(47)82-11-27-33(84-37(48)13-3-19(90-100(58,59)60)29(43)20(4-13)91-101(61,62)63)34(85-38(49)14-5-21(92-102(64,65)66)30(44)22(6-14)93-103(67,68)69)35(86-39(50)15-7-23(94-104(70,71)72)31(45)24(8-15)95-105(73,74)75)41(83-27)87-40(51)16-9-25(96-106(76,77)78)32(46)26(10-16)97-107(79,80)81/h1-10,27,33-35,41-46H,11H2,(H,52,53,54)(H,55,56,57)(H,58,59,60)(H,61,62,63)(H,64,65,66)(H,67,68,69)(H,70,71,72)(H,73,74,75)(H,76,77,78)(H,79,80,81)/t27-,33-,34+,35-,41+/m1/s1. The van der Waals surface area contributed by atoms with E-state index in [1.165, 1.54) is 0 Å². The highest BCUT2D eigenvalue weighted by molar-refractivity contribution is 7.83. The SMILES string of the molecule is O=C(OC[C@H]1O[C@@H](OC(=O)c2cc(OS(=O)(=O)O)c(O)c(OS(=O)(=O)O)c2)[C@H](OC(=O)c2cc(OS(=O)(=O)O)c(O)c(OS(=O)(=O)O)c2)[C@@H](OC(=O)c2cc(OS(=O)(=O)O)c(O)c(OS(=O)(=O)O)c2)[C@@H]1OC(=O)c1cc(OS(=O)(=O)O)c(O)c(OS(=O)(=O)O)c1)c1cc(OS(=O)(=O)O)c(O)c(OS(=O)(=O)O)c1. The Morgan fingerprint density at radius 1 is 0.262 bits per heavy atom. The molecule has 0 spiro atoms. The van der Waals surface area contributed by atoms with Crippen LogP contribution in [0.2, 0.25) is 0 Å². The van der Waals surface area contributed by atoms with Crippen LogP contribution in [0.3, 0.4) is 0 Å². The van der Waals surface area contributed by atoms with E-state index in [1.54, 1.807) is 0 Å². The van der Waals surface area contributed by atoms with Crippen LogP contribution in [0.15, 0.2) is 60.7 Å². The Hall–Kier alpha value is -10.5. The maximum atomic E-state index is 14.8. The highest BCUT2D eigenvalue weighted by atomic mass is 32.3. The van der Waals surface area contributed by atoms with Gasteiger partial charge < -0.3 is 95.8 Å². The van der Waals surface area contributed by atoms with E-state index < -0.39 is 285 Å². The third kappa shape index (κ3) is 25.6. The van der Waals surface area contributed by atoms with Crippen molar-refractivity contribution in [3.05, 3.63) is 88.5 Å². The zero-order valence-electron chi connectivity index (χ0n) is 49.4. The van der Waals surface area contributed by atoms with Crippen LogP contribution in [0.25, 0.3) is 0 Å². The van der Waals surface area contributed by atoms with E-state index in [2.05, 4.69) is 41.8 Å². The van der Waals surface area contributed by atoms with Gasteiger partial charge in [0, 0.05) is 60.7 Å². The zero-order valence-corrected chi connectivity index (χ0v) is 57.6. The molecule has 1 saturated heterocycles. The van der Waals surface area contributed by atoms with Crippen molar-refractivity contribution in [2.24, 2.45) is 0 Å². The van der Waals surface area contributed by atoms with Crippen LogP contribution < -0.4 is 41.8 Å². The molecule has 0 aromatic heterocycles. The van der Waals surface area contributed by atoms with Crippen molar-refractivity contribution in [3.63, 3.8) is 0 Å². The van der Waals surface area contributed by atoms with Crippen molar-refractivity contribution in [1.82, 2.24) is 0 Å². The summed E-state index contributed by atoms with van der Waals surface area (Å²) in [7, 11) is -60.4. The first kappa shape index (κ1) is 85.4. The molecule has 592 valence electrons. The van der Waals surface area contributed by atoms with Gasteiger partial charge in [-0.05, 0) is 0 Å². The molecule has 1 aliphatic rings. The number of phenolic OH excluding ortho intramolecular Hbond substituents is 5. The maximum absolute atomic E-state index is 14.8. The molecule has 0 bridgehead atoms. The van der Waals surface area contributed by atoms with Crippen molar-refractivity contribution < 1.29 is 249 Å². The summed E-state index contributed by atoms with van der Waals surface area (Å²) in [5.41, 5.74) is -8.34. The van der Waals surface area contributed by atoms with Crippen molar-refractivity contribution >= 4 is 134 Å². The van der Waals surface area contributed by atoms with Gasteiger partial charge in [-0.15, -0.1) is 0 Å². The molecule has 1 aliphatic heterocycles. The highest BCUT2D eigenvalue weighted by Crippen LogP contribution is 2.46. The Kier molecular flexibility index (Phi) is 24.6. The van der Waals surface area contributed by atoms with Crippen molar-refractivity contribution in [3.8, 4) is 86.2 Å². The number of benzene rings is 5. The molecule has 5 aromatic rings. The summed E-state index contributed by atoms with van der Waals surface area (Å²) in [6.07, 6.45) is -17.5. The molecule has 1 heterocycles. The highest BCUT2D eigenvalue weighted by Gasteiger charge is 2.55. The number of phenols is 5. The smallest absolute Gasteiger partial charge is 0.446 e. The van der Waals surface area contributed by atoms with Crippen LogP contribution in [0.1, 0.15) is 51.8 Å². The summed E-state index contributed by atoms with van der Waals surface area (Å²) in [5, 5.41) is 53.2. The lowest BCUT2D eigenvalue weighted by Crippen LogP contribution is -2.63. The Morgan fingerprint density at radius 2 is 0.430 bits per heavy atom. The molecule has 0 aliphatic carbocycles. The molecule has 0 amide bonds. The second-order valence-electron chi connectivity index (χ2n) is 18.9. The van der Waals surface area contributed by atoms with Crippen molar-refractivity contribution in [1.29, 1.82) is 0 Å². The second-order valence-corrected chi connectivity index (χ2v) is 29.1. The Labute approximate surface area is 592 Å². The summed E-state index contributed by atoms with van der Waals surface area (Å²) >= 11 is 0. The van der Waals surface area contributed by atoms with Gasteiger partial charge in [-0.1, -0.05) is 0 Å². The summed E-state index contributed by atoms with van der Waals surface area (Å²) in [4.78, 5) is 72.9.